The fraction of sp³-hybridized carbons (Fsp3) is 0.250. The molecule has 1 aromatic carbocycles. The maximum Gasteiger partial charge on any atom is 0.192 e. The summed E-state index contributed by atoms with van der Waals surface area (Å²) in [4.78, 5) is 15.4. The van der Waals surface area contributed by atoms with Crippen LogP contribution in [0.5, 0.6) is 0 Å². The zero-order valence-corrected chi connectivity index (χ0v) is 11.9. The molecule has 0 atom stereocenters. The Morgan fingerprint density at radius 3 is 2.75 bits per heavy atom. The number of nitrogens with one attached hydrogen (secondary N) is 1. The highest BCUT2D eigenvalue weighted by Gasteiger charge is 2.10. The highest BCUT2D eigenvalue weighted by atomic mass is 127. The summed E-state index contributed by atoms with van der Waals surface area (Å²) in [5.74, 6) is 0. The molecule has 2 rings (SSSR count). The van der Waals surface area contributed by atoms with Gasteiger partial charge in [-0.2, -0.15) is 0 Å². The van der Waals surface area contributed by atoms with Crippen molar-refractivity contribution in [2.24, 2.45) is 0 Å². The van der Waals surface area contributed by atoms with Gasteiger partial charge in [-0.25, -0.2) is 0 Å². The average Bonchev–Trinajstić information content (AvgIpc) is 2.24. The van der Waals surface area contributed by atoms with E-state index in [0.717, 1.165) is 26.8 Å². The highest BCUT2D eigenvalue weighted by molar-refractivity contribution is 14.1. The van der Waals surface area contributed by atoms with E-state index >= 15 is 0 Å². The molecule has 0 amide bonds. The third-order valence-electron chi connectivity index (χ3n) is 2.72. The van der Waals surface area contributed by atoms with E-state index in [2.05, 4.69) is 27.6 Å². The van der Waals surface area contributed by atoms with Crippen LogP contribution in [0.3, 0.4) is 0 Å². The van der Waals surface area contributed by atoms with Crippen molar-refractivity contribution in [1.82, 2.24) is 4.98 Å². The number of hydrogen-bond donors (Lipinski definition) is 1. The van der Waals surface area contributed by atoms with Crippen LogP contribution in [0.4, 0.5) is 0 Å². The number of rotatable bonds is 1. The highest BCUT2D eigenvalue weighted by Crippen LogP contribution is 2.23. The number of hydrogen-bond acceptors (Lipinski definition) is 1. The molecule has 0 radical (unpaired) electrons. The first-order valence-corrected chi connectivity index (χ1v) is 6.50. The number of benzene rings is 1. The van der Waals surface area contributed by atoms with Gasteiger partial charge in [0.25, 0.3) is 0 Å². The Bertz CT molecular complexity index is 618. The van der Waals surface area contributed by atoms with Crippen molar-refractivity contribution in [2.75, 3.05) is 0 Å². The molecule has 16 heavy (non-hydrogen) atoms. The smallest absolute Gasteiger partial charge is 0.192 e. The molecule has 0 unspecified atom stereocenters. The fourth-order valence-corrected chi connectivity index (χ4v) is 2.98. The third kappa shape index (κ3) is 1.86. The van der Waals surface area contributed by atoms with Gasteiger partial charge in [0, 0.05) is 25.2 Å². The van der Waals surface area contributed by atoms with Crippen LogP contribution in [0.2, 0.25) is 5.02 Å². The Labute approximate surface area is 112 Å². The first-order valence-electron chi connectivity index (χ1n) is 5.05. The molecule has 1 aromatic heterocycles. The van der Waals surface area contributed by atoms with Gasteiger partial charge in [-0.15, -0.1) is 0 Å². The number of fused-ring (bicyclic) bond motifs is 1. The summed E-state index contributed by atoms with van der Waals surface area (Å²) in [5.41, 5.74) is 2.74. The average molecular weight is 348 g/mol. The maximum absolute atomic E-state index is 12.1. The van der Waals surface area contributed by atoms with E-state index in [1.54, 1.807) is 6.07 Å². The Balaban J connectivity index is 2.99. The van der Waals surface area contributed by atoms with E-state index in [4.69, 9.17) is 11.6 Å². The summed E-state index contributed by atoms with van der Waals surface area (Å²) >= 11 is 8.15. The predicted molar refractivity (Wildman–Crippen MR) is 76.4 cm³/mol. The minimum atomic E-state index is 0.0750. The first kappa shape index (κ1) is 11.9. The number of aryl methyl sites for hydroxylation is 1. The lowest BCUT2D eigenvalue weighted by molar-refractivity contribution is 1.02. The maximum atomic E-state index is 12.1. The zero-order valence-electron chi connectivity index (χ0n) is 9.03. The molecule has 4 heteroatoms. The summed E-state index contributed by atoms with van der Waals surface area (Å²) in [6, 6.07) is 3.58. The molecule has 0 aliphatic rings. The largest absolute Gasteiger partial charge is 0.357 e. The van der Waals surface area contributed by atoms with E-state index in [0.29, 0.717) is 10.4 Å². The van der Waals surface area contributed by atoms with E-state index < -0.39 is 0 Å². The first-order chi connectivity index (χ1) is 7.54. The van der Waals surface area contributed by atoms with E-state index in [1.165, 1.54) is 0 Å². The lowest BCUT2D eigenvalue weighted by Crippen LogP contribution is -2.11. The van der Waals surface area contributed by atoms with Crippen molar-refractivity contribution in [3.63, 3.8) is 0 Å². The molecule has 0 spiro atoms. The van der Waals surface area contributed by atoms with Crippen molar-refractivity contribution in [3.8, 4) is 0 Å². The van der Waals surface area contributed by atoms with E-state index in [9.17, 15) is 4.79 Å². The molecule has 0 bridgehead atoms. The summed E-state index contributed by atoms with van der Waals surface area (Å²) in [6.45, 7) is 3.89. The SMILES string of the molecule is CCc1[nH]c2c(I)cc(Cl)cc2c(=O)c1C. The standard InChI is InChI=1S/C12H11ClINO/c1-3-10-6(2)12(16)8-4-7(13)5-9(14)11(8)15-10/h4-5H,3H2,1-2H3,(H,15,16). The molecule has 1 heterocycles. The van der Waals surface area contributed by atoms with E-state index in [1.807, 2.05) is 19.9 Å². The topological polar surface area (TPSA) is 32.9 Å². The quantitative estimate of drug-likeness (QED) is 0.785. The molecule has 2 nitrogen and oxygen atoms in total. The van der Waals surface area contributed by atoms with Crippen LogP contribution in [-0.4, -0.2) is 4.98 Å². The van der Waals surface area contributed by atoms with Gasteiger partial charge in [0.1, 0.15) is 0 Å². The molecule has 0 saturated carbocycles. The minimum absolute atomic E-state index is 0.0750. The normalized spacial score (nSPS) is 11.0. The summed E-state index contributed by atoms with van der Waals surface area (Å²) in [6.07, 6.45) is 0.829. The molecule has 1 N–H and O–H groups in total. The molecular weight excluding hydrogens is 336 g/mol. The monoisotopic (exact) mass is 347 g/mol. The van der Waals surface area contributed by atoms with Crippen molar-refractivity contribution < 1.29 is 0 Å². The predicted octanol–water partition coefficient (Wildman–Crippen LogP) is 3.66. The minimum Gasteiger partial charge on any atom is -0.357 e. The Hall–Kier alpha value is -0.550. The van der Waals surface area contributed by atoms with Crippen molar-refractivity contribution in [3.05, 3.63) is 42.2 Å². The van der Waals surface area contributed by atoms with Crippen LogP contribution in [0.25, 0.3) is 10.9 Å². The summed E-state index contributed by atoms with van der Waals surface area (Å²) in [5, 5.41) is 1.28. The van der Waals surface area contributed by atoms with Crippen LogP contribution in [-0.2, 0) is 6.42 Å². The summed E-state index contributed by atoms with van der Waals surface area (Å²) in [7, 11) is 0. The van der Waals surface area contributed by atoms with E-state index in [-0.39, 0.29) is 5.43 Å². The van der Waals surface area contributed by atoms with Gasteiger partial charge in [-0.1, -0.05) is 18.5 Å². The van der Waals surface area contributed by atoms with Gasteiger partial charge < -0.3 is 4.98 Å². The molecule has 0 fully saturated rings. The number of H-pyrrole nitrogens is 1. The number of halogens is 2. The Morgan fingerprint density at radius 2 is 2.12 bits per heavy atom. The second-order valence-corrected chi connectivity index (χ2v) is 5.32. The van der Waals surface area contributed by atoms with Gasteiger partial charge in [0.15, 0.2) is 5.43 Å². The van der Waals surface area contributed by atoms with Gasteiger partial charge in [-0.3, -0.25) is 4.79 Å². The van der Waals surface area contributed by atoms with Crippen molar-refractivity contribution in [1.29, 1.82) is 0 Å². The van der Waals surface area contributed by atoms with Crippen LogP contribution in [0.1, 0.15) is 18.2 Å². The van der Waals surface area contributed by atoms with Gasteiger partial charge in [0.2, 0.25) is 0 Å². The van der Waals surface area contributed by atoms with Gasteiger partial charge >= 0.3 is 0 Å². The lowest BCUT2D eigenvalue weighted by atomic mass is 10.1. The van der Waals surface area contributed by atoms with Crippen LogP contribution in [0, 0.1) is 10.5 Å². The van der Waals surface area contributed by atoms with Crippen LogP contribution < -0.4 is 5.43 Å². The number of aromatic amines is 1. The third-order valence-corrected chi connectivity index (χ3v) is 3.79. The molecule has 0 aliphatic carbocycles. The molecular formula is C12H11ClINO. The van der Waals surface area contributed by atoms with Crippen molar-refractivity contribution in [2.45, 2.75) is 20.3 Å². The van der Waals surface area contributed by atoms with Crippen LogP contribution in [0.15, 0.2) is 16.9 Å². The molecule has 0 aliphatic heterocycles. The summed E-state index contributed by atoms with van der Waals surface area (Å²) < 4.78 is 0.979. The number of aromatic nitrogens is 1. The lowest BCUT2D eigenvalue weighted by Gasteiger charge is -2.08. The van der Waals surface area contributed by atoms with Gasteiger partial charge in [0.05, 0.1) is 5.52 Å². The Morgan fingerprint density at radius 1 is 1.44 bits per heavy atom. The van der Waals surface area contributed by atoms with Gasteiger partial charge in [-0.05, 0) is 48.1 Å². The van der Waals surface area contributed by atoms with Crippen molar-refractivity contribution >= 4 is 45.1 Å². The fourth-order valence-electron chi connectivity index (χ4n) is 1.82. The zero-order chi connectivity index (χ0) is 11.9. The number of pyridine rings is 1. The second kappa shape index (κ2) is 4.37. The van der Waals surface area contributed by atoms with Crippen LogP contribution >= 0.6 is 34.2 Å². The molecule has 84 valence electrons. The second-order valence-electron chi connectivity index (χ2n) is 3.72. The Kier molecular flexibility index (Phi) is 3.26. The molecule has 2 aromatic rings. The molecule has 0 saturated heterocycles.